The first-order valence-electron chi connectivity index (χ1n) is 14.1. The van der Waals surface area contributed by atoms with Gasteiger partial charge in [-0.05, 0) is 74.2 Å². The van der Waals surface area contributed by atoms with Gasteiger partial charge in [0.2, 0.25) is 10.0 Å². The van der Waals surface area contributed by atoms with Gasteiger partial charge in [-0.2, -0.15) is 4.72 Å². The molecule has 0 aromatic heterocycles. The van der Waals surface area contributed by atoms with Crippen LogP contribution in [-0.4, -0.2) is 45.1 Å². The van der Waals surface area contributed by atoms with Crippen molar-refractivity contribution < 1.29 is 27.5 Å². The third-order valence-corrected chi connectivity index (χ3v) is 7.98. The van der Waals surface area contributed by atoms with Crippen LogP contribution in [0.5, 0.6) is 5.75 Å². The number of carbonyl (C=O) groups is 2. The summed E-state index contributed by atoms with van der Waals surface area (Å²) in [6, 6.07) is 31.6. The van der Waals surface area contributed by atoms with E-state index in [2.05, 4.69) is 10.0 Å². The zero-order valence-corrected chi connectivity index (χ0v) is 25.0. The van der Waals surface area contributed by atoms with Crippen LogP contribution in [0.4, 0.5) is 0 Å². The van der Waals surface area contributed by atoms with Crippen LogP contribution >= 0.6 is 0 Å². The molecule has 0 saturated carbocycles. The van der Waals surface area contributed by atoms with Gasteiger partial charge in [-0.25, -0.2) is 8.42 Å². The monoisotopic (exact) mass is 600 g/mol. The van der Waals surface area contributed by atoms with Crippen LogP contribution in [0.1, 0.15) is 35.3 Å². The Morgan fingerprint density at radius 2 is 1.26 bits per heavy atom. The van der Waals surface area contributed by atoms with Gasteiger partial charge in [-0.1, -0.05) is 78.9 Å². The first-order valence-corrected chi connectivity index (χ1v) is 15.6. The van der Waals surface area contributed by atoms with E-state index >= 15 is 0 Å². The Morgan fingerprint density at radius 1 is 0.721 bits per heavy atom. The van der Waals surface area contributed by atoms with E-state index in [9.17, 15) is 18.0 Å². The lowest BCUT2D eigenvalue weighted by Gasteiger charge is -2.22. The molecule has 0 fully saturated rings. The van der Waals surface area contributed by atoms with Gasteiger partial charge in [0.05, 0.1) is 17.0 Å². The lowest BCUT2D eigenvalue weighted by atomic mass is 10.1. The molecule has 4 aromatic carbocycles. The fraction of sp³-hybridized carbons (Fsp3) is 0.235. The van der Waals surface area contributed by atoms with Crippen LogP contribution in [-0.2, 0) is 32.4 Å². The SMILES string of the molecule is CC(C)Oc1ccc(S(=O)(=O)N[C@@H](Cc2ccccc2)C(=O)OC[C@H](Cc2ccccc2)NC(=O)c2ccccc2)cc1. The standard InChI is InChI=1S/C34H36N2O6S/c1-25(2)42-30-18-20-31(21-19-30)43(39,40)36-32(23-27-14-8-4-9-15-27)34(38)41-24-29(22-26-12-6-3-7-13-26)35-33(37)28-16-10-5-11-17-28/h3-21,25,29,32,36H,22-24H2,1-2H3,(H,35,37)/t29-,32-/m0/s1. The van der Waals surface area contributed by atoms with E-state index in [4.69, 9.17) is 9.47 Å². The smallest absolute Gasteiger partial charge is 0.324 e. The van der Waals surface area contributed by atoms with Crippen LogP contribution in [0.3, 0.4) is 0 Å². The van der Waals surface area contributed by atoms with Gasteiger partial charge in [-0.15, -0.1) is 0 Å². The third-order valence-electron chi connectivity index (χ3n) is 6.49. The molecule has 2 N–H and O–H groups in total. The molecule has 0 aliphatic carbocycles. The van der Waals surface area contributed by atoms with Crippen molar-refractivity contribution in [2.45, 2.75) is 49.8 Å². The van der Waals surface area contributed by atoms with Crippen LogP contribution in [0.2, 0.25) is 0 Å². The lowest BCUT2D eigenvalue weighted by molar-refractivity contribution is -0.146. The normalized spacial score (nSPS) is 12.7. The van der Waals surface area contributed by atoms with Crippen LogP contribution < -0.4 is 14.8 Å². The molecule has 224 valence electrons. The molecule has 0 unspecified atom stereocenters. The summed E-state index contributed by atoms with van der Waals surface area (Å²) < 4.78 is 40.5. The van der Waals surface area contributed by atoms with Crippen molar-refractivity contribution in [2.24, 2.45) is 0 Å². The summed E-state index contributed by atoms with van der Waals surface area (Å²) in [5, 5.41) is 2.95. The molecule has 4 aromatic rings. The molecule has 4 rings (SSSR count). The average Bonchev–Trinajstić information content (AvgIpc) is 3.00. The van der Waals surface area contributed by atoms with Gasteiger partial charge in [0, 0.05) is 5.56 Å². The fourth-order valence-electron chi connectivity index (χ4n) is 4.44. The van der Waals surface area contributed by atoms with E-state index in [0.717, 1.165) is 11.1 Å². The largest absolute Gasteiger partial charge is 0.491 e. The first-order chi connectivity index (χ1) is 20.7. The van der Waals surface area contributed by atoms with Gasteiger partial charge in [0.1, 0.15) is 18.4 Å². The van der Waals surface area contributed by atoms with Crippen molar-refractivity contribution in [3.63, 3.8) is 0 Å². The molecular weight excluding hydrogens is 564 g/mol. The van der Waals surface area contributed by atoms with E-state index in [1.807, 2.05) is 80.6 Å². The Labute approximate surface area is 253 Å². The average molecular weight is 601 g/mol. The molecule has 0 heterocycles. The zero-order valence-electron chi connectivity index (χ0n) is 24.2. The molecule has 1 amide bonds. The highest BCUT2D eigenvalue weighted by Crippen LogP contribution is 2.18. The number of hydrogen-bond donors (Lipinski definition) is 2. The van der Waals surface area contributed by atoms with Crippen LogP contribution in [0.15, 0.2) is 120 Å². The van der Waals surface area contributed by atoms with Crippen molar-refractivity contribution >= 4 is 21.9 Å². The molecule has 0 spiro atoms. The van der Waals surface area contributed by atoms with Crippen molar-refractivity contribution in [2.75, 3.05) is 6.61 Å². The summed E-state index contributed by atoms with van der Waals surface area (Å²) in [6.45, 7) is 3.60. The molecular formula is C34H36N2O6S. The Bertz CT molecular complexity index is 1560. The minimum absolute atomic E-state index is 0.00783. The number of hydrogen-bond acceptors (Lipinski definition) is 6. The van der Waals surface area contributed by atoms with Gasteiger partial charge in [0.25, 0.3) is 5.91 Å². The van der Waals surface area contributed by atoms with E-state index in [0.29, 0.717) is 17.7 Å². The Morgan fingerprint density at radius 3 is 1.81 bits per heavy atom. The summed E-state index contributed by atoms with van der Waals surface area (Å²) in [6.07, 6.45) is 0.425. The van der Waals surface area contributed by atoms with Gasteiger partial charge >= 0.3 is 5.97 Å². The molecule has 0 bridgehead atoms. The van der Waals surface area contributed by atoms with E-state index in [1.54, 1.807) is 36.4 Å². The van der Waals surface area contributed by atoms with Crippen molar-refractivity contribution in [1.29, 1.82) is 0 Å². The predicted molar refractivity (Wildman–Crippen MR) is 165 cm³/mol. The second kappa shape index (κ2) is 15.1. The molecule has 0 aliphatic heterocycles. The van der Waals surface area contributed by atoms with E-state index < -0.39 is 28.1 Å². The maximum Gasteiger partial charge on any atom is 0.324 e. The molecule has 9 heteroatoms. The maximum atomic E-state index is 13.5. The summed E-state index contributed by atoms with van der Waals surface area (Å²) in [5.41, 5.74) is 2.18. The predicted octanol–water partition coefficient (Wildman–Crippen LogP) is 4.95. The first kappa shape index (κ1) is 31.5. The maximum absolute atomic E-state index is 13.5. The highest BCUT2D eigenvalue weighted by atomic mass is 32.2. The molecule has 8 nitrogen and oxygen atoms in total. The Balaban J connectivity index is 1.51. The highest BCUT2D eigenvalue weighted by Gasteiger charge is 2.28. The summed E-state index contributed by atoms with van der Waals surface area (Å²) >= 11 is 0. The summed E-state index contributed by atoms with van der Waals surface area (Å²) in [7, 11) is -4.09. The number of sulfonamides is 1. The third kappa shape index (κ3) is 9.80. The number of ether oxygens (including phenoxy) is 2. The molecule has 0 radical (unpaired) electrons. The highest BCUT2D eigenvalue weighted by molar-refractivity contribution is 7.89. The van der Waals surface area contributed by atoms with E-state index in [-0.39, 0.29) is 29.9 Å². The van der Waals surface area contributed by atoms with Gasteiger partial charge in [-0.3, -0.25) is 9.59 Å². The molecule has 0 saturated heterocycles. The van der Waals surface area contributed by atoms with Crippen molar-refractivity contribution in [3.05, 3.63) is 132 Å². The van der Waals surface area contributed by atoms with Crippen LogP contribution in [0, 0.1) is 0 Å². The number of esters is 1. The van der Waals surface area contributed by atoms with Gasteiger partial charge < -0.3 is 14.8 Å². The number of nitrogens with one attached hydrogen (secondary N) is 2. The fourth-order valence-corrected chi connectivity index (χ4v) is 5.62. The number of rotatable bonds is 14. The molecule has 2 atom stereocenters. The topological polar surface area (TPSA) is 111 Å². The quantitative estimate of drug-likeness (QED) is 0.198. The molecule has 43 heavy (non-hydrogen) atoms. The second-order valence-electron chi connectivity index (χ2n) is 10.4. The number of benzene rings is 4. The lowest BCUT2D eigenvalue weighted by Crippen LogP contribution is -2.46. The Hall–Kier alpha value is -4.47. The minimum atomic E-state index is -4.09. The van der Waals surface area contributed by atoms with Gasteiger partial charge in [0.15, 0.2) is 0 Å². The zero-order chi connectivity index (χ0) is 30.7. The van der Waals surface area contributed by atoms with Crippen molar-refractivity contribution in [1.82, 2.24) is 10.0 Å². The second-order valence-corrected chi connectivity index (χ2v) is 12.1. The number of carbonyl (C=O) groups excluding carboxylic acids is 2. The Kier molecular flexibility index (Phi) is 11.1. The van der Waals surface area contributed by atoms with Crippen LogP contribution in [0.25, 0.3) is 0 Å². The van der Waals surface area contributed by atoms with E-state index in [1.165, 1.54) is 12.1 Å². The number of amides is 1. The van der Waals surface area contributed by atoms with Crippen molar-refractivity contribution in [3.8, 4) is 5.75 Å². The minimum Gasteiger partial charge on any atom is -0.491 e. The summed E-state index contributed by atoms with van der Waals surface area (Å²) in [4.78, 5) is 26.4. The molecule has 0 aliphatic rings. The summed E-state index contributed by atoms with van der Waals surface area (Å²) in [5.74, 6) is -0.514.